The Hall–Kier alpha value is -1.63. The van der Waals surface area contributed by atoms with Gasteiger partial charge in [-0.25, -0.2) is 0 Å². The van der Waals surface area contributed by atoms with Crippen molar-refractivity contribution in [3.05, 3.63) is 57.8 Å². The highest BCUT2D eigenvalue weighted by atomic mass is 32.1. The molecule has 1 aromatic carbocycles. The van der Waals surface area contributed by atoms with Crippen LogP contribution in [-0.2, 0) is 6.54 Å². The van der Waals surface area contributed by atoms with Gasteiger partial charge in [-0.05, 0) is 24.6 Å². The Kier molecular flexibility index (Phi) is 3.92. The maximum Gasteiger partial charge on any atom is 0.110 e. The zero-order valence-electron chi connectivity index (χ0n) is 9.68. The molecule has 0 saturated carbocycles. The smallest absolute Gasteiger partial charge is 0.110 e. The standard InChI is InChI=1S/C14H14N2S/c1-11(12-5-3-2-4-6-12)16-10-14-8-7-13(9-15)17-14/h2-8,11,16H,10H2,1H3/t11-/m1/s1. The van der Waals surface area contributed by atoms with Crippen LogP contribution in [-0.4, -0.2) is 0 Å². The molecule has 1 aromatic heterocycles. The molecular weight excluding hydrogens is 228 g/mol. The zero-order chi connectivity index (χ0) is 12.1. The van der Waals surface area contributed by atoms with Crippen LogP contribution in [0.1, 0.15) is 28.3 Å². The monoisotopic (exact) mass is 242 g/mol. The van der Waals surface area contributed by atoms with E-state index in [9.17, 15) is 0 Å². The van der Waals surface area contributed by atoms with Gasteiger partial charge in [0.25, 0.3) is 0 Å². The molecule has 1 atom stereocenters. The highest BCUT2D eigenvalue weighted by Gasteiger charge is 2.05. The first-order chi connectivity index (χ1) is 8.29. The Balaban J connectivity index is 1.92. The number of nitrogens with zero attached hydrogens (tertiary/aromatic N) is 1. The molecule has 86 valence electrons. The molecular formula is C14H14N2S. The number of rotatable bonds is 4. The van der Waals surface area contributed by atoms with Crippen molar-refractivity contribution in [2.24, 2.45) is 0 Å². The van der Waals surface area contributed by atoms with Crippen LogP contribution < -0.4 is 5.32 Å². The van der Waals surface area contributed by atoms with Crippen molar-refractivity contribution >= 4 is 11.3 Å². The van der Waals surface area contributed by atoms with Crippen LogP contribution in [0, 0.1) is 11.3 Å². The van der Waals surface area contributed by atoms with Gasteiger partial charge in [-0.2, -0.15) is 5.26 Å². The molecule has 0 fully saturated rings. The Morgan fingerprint density at radius 2 is 2.00 bits per heavy atom. The van der Waals surface area contributed by atoms with Gasteiger partial charge >= 0.3 is 0 Å². The molecule has 0 saturated heterocycles. The quantitative estimate of drug-likeness (QED) is 0.891. The molecule has 1 N–H and O–H groups in total. The fourth-order valence-electron chi connectivity index (χ4n) is 1.65. The van der Waals surface area contributed by atoms with Gasteiger partial charge in [-0.15, -0.1) is 11.3 Å². The molecule has 0 bridgehead atoms. The zero-order valence-corrected chi connectivity index (χ0v) is 10.5. The summed E-state index contributed by atoms with van der Waals surface area (Å²) >= 11 is 1.55. The van der Waals surface area contributed by atoms with Crippen molar-refractivity contribution in [3.63, 3.8) is 0 Å². The summed E-state index contributed by atoms with van der Waals surface area (Å²) in [6.07, 6.45) is 0. The fraction of sp³-hybridized carbons (Fsp3) is 0.214. The van der Waals surface area contributed by atoms with Gasteiger partial charge in [0.15, 0.2) is 0 Å². The van der Waals surface area contributed by atoms with Crippen LogP contribution in [0.4, 0.5) is 0 Å². The summed E-state index contributed by atoms with van der Waals surface area (Å²) in [4.78, 5) is 1.97. The third kappa shape index (κ3) is 3.16. The van der Waals surface area contributed by atoms with E-state index in [-0.39, 0.29) is 0 Å². The lowest BCUT2D eigenvalue weighted by molar-refractivity contribution is 0.579. The first kappa shape index (κ1) is 11.8. The predicted molar refractivity (Wildman–Crippen MR) is 70.7 cm³/mol. The number of benzene rings is 1. The Morgan fingerprint density at radius 3 is 2.65 bits per heavy atom. The fourth-order valence-corrected chi connectivity index (χ4v) is 2.40. The van der Waals surface area contributed by atoms with E-state index in [1.54, 1.807) is 11.3 Å². The van der Waals surface area contributed by atoms with Crippen molar-refractivity contribution in [1.82, 2.24) is 5.32 Å². The van der Waals surface area contributed by atoms with E-state index in [2.05, 4.69) is 30.4 Å². The van der Waals surface area contributed by atoms with Gasteiger partial charge in [-0.3, -0.25) is 0 Å². The van der Waals surface area contributed by atoms with Crippen LogP contribution in [0.15, 0.2) is 42.5 Å². The van der Waals surface area contributed by atoms with E-state index >= 15 is 0 Å². The normalized spacial score (nSPS) is 12.0. The topological polar surface area (TPSA) is 35.8 Å². The Morgan fingerprint density at radius 1 is 1.24 bits per heavy atom. The van der Waals surface area contributed by atoms with E-state index in [0.29, 0.717) is 6.04 Å². The average Bonchev–Trinajstić information content (AvgIpc) is 2.85. The number of nitrogens with one attached hydrogen (secondary N) is 1. The van der Waals surface area contributed by atoms with Crippen LogP contribution in [0.3, 0.4) is 0 Å². The maximum absolute atomic E-state index is 8.75. The minimum Gasteiger partial charge on any atom is -0.305 e. The number of hydrogen-bond donors (Lipinski definition) is 1. The molecule has 0 spiro atoms. The number of nitriles is 1. The summed E-state index contributed by atoms with van der Waals surface area (Å²) in [5, 5.41) is 12.2. The first-order valence-corrected chi connectivity index (χ1v) is 6.38. The summed E-state index contributed by atoms with van der Waals surface area (Å²) in [6, 6.07) is 16.7. The van der Waals surface area contributed by atoms with Crippen LogP contribution in [0.5, 0.6) is 0 Å². The summed E-state index contributed by atoms with van der Waals surface area (Å²) in [5.41, 5.74) is 1.28. The lowest BCUT2D eigenvalue weighted by Gasteiger charge is -2.13. The summed E-state index contributed by atoms with van der Waals surface area (Å²) < 4.78 is 0. The van der Waals surface area contributed by atoms with Crippen LogP contribution in [0.25, 0.3) is 0 Å². The lowest BCUT2D eigenvalue weighted by atomic mass is 10.1. The average molecular weight is 242 g/mol. The van der Waals surface area contributed by atoms with E-state index in [1.165, 1.54) is 10.4 Å². The van der Waals surface area contributed by atoms with Gasteiger partial charge in [0.05, 0.1) is 0 Å². The second-order valence-electron chi connectivity index (χ2n) is 3.89. The highest BCUT2D eigenvalue weighted by molar-refractivity contribution is 7.12. The third-order valence-corrected chi connectivity index (χ3v) is 3.64. The van der Waals surface area contributed by atoms with E-state index < -0.39 is 0 Å². The predicted octanol–water partition coefficient (Wildman–Crippen LogP) is 3.47. The maximum atomic E-state index is 8.75. The molecule has 1 heterocycles. The van der Waals surface area contributed by atoms with Crippen molar-refractivity contribution in [3.8, 4) is 6.07 Å². The largest absolute Gasteiger partial charge is 0.305 e. The minimum absolute atomic E-state index is 0.323. The van der Waals surface area contributed by atoms with Gasteiger partial charge in [0.2, 0.25) is 0 Å². The van der Waals surface area contributed by atoms with Gasteiger partial charge < -0.3 is 5.32 Å². The molecule has 0 aliphatic heterocycles. The number of thiophene rings is 1. The molecule has 2 rings (SSSR count). The van der Waals surface area contributed by atoms with Gasteiger partial charge in [0, 0.05) is 17.5 Å². The van der Waals surface area contributed by atoms with Crippen LogP contribution >= 0.6 is 11.3 Å². The third-order valence-electron chi connectivity index (χ3n) is 2.65. The lowest BCUT2D eigenvalue weighted by Crippen LogP contribution is -2.17. The highest BCUT2D eigenvalue weighted by Crippen LogP contribution is 2.17. The second kappa shape index (κ2) is 5.62. The molecule has 3 heteroatoms. The first-order valence-electron chi connectivity index (χ1n) is 5.57. The van der Waals surface area contributed by atoms with Crippen molar-refractivity contribution in [1.29, 1.82) is 5.26 Å². The molecule has 2 nitrogen and oxygen atoms in total. The van der Waals surface area contributed by atoms with Gasteiger partial charge in [-0.1, -0.05) is 30.3 Å². The molecule has 0 radical (unpaired) electrons. The minimum atomic E-state index is 0.323. The summed E-state index contributed by atoms with van der Waals surface area (Å²) in [7, 11) is 0. The molecule has 0 amide bonds. The molecule has 0 aliphatic rings. The van der Waals surface area contributed by atoms with E-state index in [1.807, 2.05) is 30.3 Å². The molecule has 2 aromatic rings. The Labute approximate surface area is 106 Å². The molecule has 17 heavy (non-hydrogen) atoms. The van der Waals surface area contributed by atoms with Crippen molar-refractivity contribution in [2.45, 2.75) is 19.5 Å². The van der Waals surface area contributed by atoms with E-state index in [4.69, 9.17) is 5.26 Å². The van der Waals surface area contributed by atoms with Gasteiger partial charge in [0.1, 0.15) is 10.9 Å². The molecule has 0 aliphatic carbocycles. The molecule has 0 unspecified atom stereocenters. The number of hydrogen-bond acceptors (Lipinski definition) is 3. The van der Waals surface area contributed by atoms with Crippen molar-refractivity contribution < 1.29 is 0 Å². The SMILES string of the molecule is C[C@@H](NCc1ccc(C#N)s1)c1ccccc1. The Bertz CT molecular complexity index is 511. The summed E-state index contributed by atoms with van der Waals surface area (Å²) in [5.74, 6) is 0. The van der Waals surface area contributed by atoms with Crippen molar-refractivity contribution in [2.75, 3.05) is 0 Å². The summed E-state index contributed by atoms with van der Waals surface area (Å²) in [6.45, 7) is 2.95. The second-order valence-corrected chi connectivity index (χ2v) is 5.06. The van der Waals surface area contributed by atoms with Crippen LogP contribution in [0.2, 0.25) is 0 Å². The van der Waals surface area contributed by atoms with E-state index in [0.717, 1.165) is 11.4 Å².